The van der Waals surface area contributed by atoms with Gasteiger partial charge in [0.1, 0.15) is 5.60 Å². The van der Waals surface area contributed by atoms with E-state index in [4.69, 9.17) is 4.74 Å². The van der Waals surface area contributed by atoms with E-state index in [-0.39, 0.29) is 5.60 Å². The van der Waals surface area contributed by atoms with Gasteiger partial charge in [0, 0.05) is 23.3 Å². The largest absolute Gasteiger partial charge is 0.472 e. The van der Waals surface area contributed by atoms with Crippen LogP contribution in [0, 0.1) is 0 Å². The molecule has 1 aromatic carbocycles. The highest BCUT2D eigenvalue weighted by Gasteiger charge is 2.15. The summed E-state index contributed by atoms with van der Waals surface area (Å²) in [5, 5.41) is 8.84. The van der Waals surface area contributed by atoms with Gasteiger partial charge < -0.3 is 10.1 Å². The average Bonchev–Trinajstić information content (AvgIpc) is 2.97. The molecule has 0 atom stereocenters. The number of ether oxygens (including phenoxy) is 1. The standard InChI is InChI=1S/C19H19N5O/c1-19(2,3)25-17-8-4-7-16-22-18(23-24(16)17)21-14-9-10-15-13(12-14)6-5-11-20-15/h4-12H,1-3H3,(H,21,23). The molecule has 0 fully saturated rings. The normalized spacial score (nSPS) is 11.8. The van der Waals surface area contributed by atoms with E-state index in [2.05, 4.69) is 20.4 Å². The van der Waals surface area contributed by atoms with Crippen molar-refractivity contribution in [3.05, 3.63) is 54.7 Å². The first kappa shape index (κ1) is 15.4. The summed E-state index contributed by atoms with van der Waals surface area (Å²) in [5.74, 6) is 1.18. The summed E-state index contributed by atoms with van der Waals surface area (Å²) in [7, 11) is 0. The lowest BCUT2D eigenvalue weighted by atomic mass is 10.2. The third-order valence-electron chi connectivity index (χ3n) is 3.59. The molecule has 0 aliphatic carbocycles. The Morgan fingerprint density at radius 2 is 1.92 bits per heavy atom. The molecule has 0 amide bonds. The average molecular weight is 333 g/mol. The van der Waals surface area contributed by atoms with Gasteiger partial charge in [-0.1, -0.05) is 12.1 Å². The minimum absolute atomic E-state index is 0.306. The predicted octanol–water partition coefficient (Wildman–Crippen LogP) is 4.20. The Hall–Kier alpha value is -3.15. The van der Waals surface area contributed by atoms with Crippen LogP contribution >= 0.6 is 0 Å². The Labute approximate surface area is 145 Å². The Balaban J connectivity index is 1.68. The zero-order chi connectivity index (χ0) is 17.4. The van der Waals surface area contributed by atoms with E-state index in [0.717, 1.165) is 22.2 Å². The molecule has 0 unspecified atom stereocenters. The van der Waals surface area contributed by atoms with Crippen LogP contribution in [0.5, 0.6) is 5.88 Å². The number of aromatic nitrogens is 4. The monoisotopic (exact) mass is 333 g/mol. The number of nitrogens with one attached hydrogen (secondary N) is 1. The van der Waals surface area contributed by atoms with Crippen molar-refractivity contribution >= 4 is 28.2 Å². The van der Waals surface area contributed by atoms with Crippen molar-refractivity contribution in [1.29, 1.82) is 0 Å². The van der Waals surface area contributed by atoms with E-state index < -0.39 is 0 Å². The molecule has 126 valence electrons. The lowest BCUT2D eigenvalue weighted by Gasteiger charge is -2.21. The molecule has 0 saturated carbocycles. The van der Waals surface area contributed by atoms with Crippen LogP contribution in [0.4, 0.5) is 11.6 Å². The summed E-state index contributed by atoms with van der Waals surface area (Å²) >= 11 is 0. The fourth-order valence-electron chi connectivity index (χ4n) is 2.61. The summed E-state index contributed by atoms with van der Waals surface area (Å²) in [4.78, 5) is 8.85. The van der Waals surface area contributed by atoms with Crippen molar-refractivity contribution in [1.82, 2.24) is 19.6 Å². The van der Waals surface area contributed by atoms with Gasteiger partial charge in [-0.25, -0.2) is 0 Å². The molecular formula is C19H19N5O. The van der Waals surface area contributed by atoms with Gasteiger partial charge in [-0.3, -0.25) is 4.98 Å². The van der Waals surface area contributed by atoms with Crippen molar-refractivity contribution in [3.8, 4) is 5.88 Å². The van der Waals surface area contributed by atoms with Crippen molar-refractivity contribution < 1.29 is 4.74 Å². The topological polar surface area (TPSA) is 64.3 Å². The first-order valence-electron chi connectivity index (χ1n) is 8.15. The molecule has 0 spiro atoms. The minimum atomic E-state index is -0.306. The molecule has 3 aromatic heterocycles. The molecule has 1 N–H and O–H groups in total. The summed E-state index contributed by atoms with van der Waals surface area (Å²) < 4.78 is 7.67. The Morgan fingerprint density at radius 1 is 1.04 bits per heavy atom. The van der Waals surface area contributed by atoms with Crippen LogP contribution in [-0.2, 0) is 0 Å². The number of hydrogen-bond donors (Lipinski definition) is 1. The highest BCUT2D eigenvalue weighted by Crippen LogP contribution is 2.23. The second-order valence-corrected chi connectivity index (χ2v) is 6.82. The molecule has 0 saturated heterocycles. The maximum atomic E-state index is 5.96. The highest BCUT2D eigenvalue weighted by molar-refractivity contribution is 5.82. The van der Waals surface area contributed by atoms with Gasteiger partial charge >= 0.3 is 0 Å². The maximum Gasteiger partial charge on any atom is 0.247 e. The Bertz CT molecular complexity index is 1050. The fourth-order valence-corrected chi connectivity index (χ4v) is 2.61. The first-order chi connectivity index (χ1) is 12.0. The molecule has 0 radical (unpaired) electrons. The first-order valence-corrected chi connectivity index (χ1v) is 8.15. The molecule has 4 aromatic rings. The van der Waals surface area contributed by atoms with Gasteiger partial charge in [-0.05, 0) is 51.1 Å². The van der Waals surface area contributed by atoms with Crippen LogP contribution in [-0.4, -0.2) is 25.2 Å². The van der Waals surface area contributed by atoms with Gasteiger partial charge in [0.05, 0.1) is 5.52 Å². The summed E-state index contributed by atoms with van der Waals surface area (Å²) in [5.41, 5.74) is 2.29. The number of hydrogen-bond acceptors (Lipinski definition) is 5. The van der Waals surface area contributed by atoms with Gasteiger partial charge in [0.2, 0.25) is 11.8 Å². The molecular weight excluding hydrogens is 314 g/mol. The molecule has 0 aliphatic rings. The quantitative estimate of drug-likeness (QED) is 0.609. The molecule has 6 nitrogen and oxygen atoms in total. The van der Waals surface area contributed by atoms with Gasteiger partial charge in [0.25, 0.3) is 0 Å². The minimum Gasteiger partial charge on any atom is -0.472 e. The second-order valence-electron chi connectivity index (χ2n) is 6.82. The molecule has 0 aliphatic heterocycles. The molecule has 25 heavy (non-hydrogen) atoms. The van der Waals surface area contributed by atoms with Gasteiger partial charge in [0.15, 0.2) is 5.65 Å². The van der Waals surface area contributed by atoms with E-state index in [1.807, 2.05) is 69.3 Å². The molecule has 0 bridgehead atoms. The number of anilines is 2. The Morgan fingerprint density at radius 3 is 2.76 bits per heavy atom. The van der Waals surface area contributed by atoms with E-state index in [1.165, 1.54) is 0 Å². The van der Waals surface area contributed by atoms with Gasteiger partial charge in [-0.15, -0.1) is 5.10 Å². The van der Waals surface area contributed by atoms with E-state index in [0.29, 0.717) is 11.8 Å². The van der Waals surface area contributed by atoms with Crippen LogP contribution in [0.25, 0.3) is 16.6 Å². The van der Waals surface area contributed by atoms with E-state index >= 15 is 0 Å². The van der Waals surface area contributed by atoms with Crippen LogP contribution in [0.15, 0.2) is 54.7 Å². The third-order valence-corrected chi connectivity index (χ3v) is 3.59. The zero-order valence-electron chi connectivity index (χ0n) is 14.4. The number of fused-ring (bicyclic) bond motifs is 2. The van der Waals surface area contributed by atoms with Crippen molar-refractivity contribution in [2.24, 2.45) is 0 Å². The van der Waals surface area contributed by atoms with Crippen LogP contribution < -0.4 is 10.1 Å². The lowest BCUT2D eigenvalue weighted by molar-refractivity contribution is 0.120. The van der Waals surface area contributed by atoms with E-state index in [9.17, 15) is 0 Å². The Kier molecular flexibility index (Phi) is 3.53. The fraction of sp³-hybridized carbons (Fsp3) is 0.211. The van der Waals surface area contributed by atoms with Crippen LogP contribution in [0.3, 0.4) is 0 Å². The smallest absolute Gasteiger partial charge is 0.247 e. The van der Waals surface area contributed by atoms with E-state index in [1.54, 1.807) is 10.7 Å². The maximum absolute atomic E-state index is 5.96. The number of pyridine rings is 2. The van der Waals surface area contributed by atoms with Crippen molar-refractivity contribution in [3.63, 3.8) is 0 Å². The highest BCUT2D eigenvalue weighted by atomic mass is 16.5. The van der Waals surface area contributed by atoms with Crippen molar-refractivity contribution in [2.75, 3.05) is 5.32 Å². The SMILES string of the molecule is CC(C)(C)Oc1cccc2nc(Nc3ccc4ncccc4c3)nn12. The summed E-state index contributed by atoms with van der Waals surface area (Å²) in [6.45, 7) is 6.01. The summed E-state index contributed by atoms with van der Waals surface area (Å²) in [6.07, 6.45) is 1.79. The molecule has 3 heterocycles. The second kappa shape index (κ2) is 5.73. The van der Waals surface area contributed by atoms with Gasteiger partial charge in [-0.2, -0.15) is 9.50 Å². The number of rotatable bonds is 3. The zero-order valence-corrected chi connectivity index (χ0v) is 14.4. The summed E-state index contributed by atoms with van der Waals surface area (Å²) in [6, 6.07) is 15.6. The number of nitrogens with zero attached hydrogens (tertiary/aromatic N) is 4. The number of benzene rings is 1. The van der Waals surface area contributed by atoms with Crippen LogP contribution in [0.1, 0.15) is 20.8 Å². The molecule has 6 heteroatoms. The lowest BCUT2D eigenvalue weighted by Crippen LogP contribution is -2.24. The molecule has 4 rings (SSSR count). The van der Waals surface area contributed by atoms with Crippen LogP contribution in [0.2, 0.25) is 0 Å². The third kappa shape index (κ3) is 3.24. The predicted molar refractivity (Wildman–Crippen MR) is 98.4 cm³/mol. The van der Waals surface area contributed by atoms with Crippen molar-refractivity contribution in [2.45, 2.75) is 26.4 Å².